The maximum absolute atomic E-state index is 12.0. The Bertz CT molecular complexity index is 1130. The summed E-state index contributed by atoms with van der Waals surface area (Å²) < 4.78 is 27.1. The number of rotatable bonds is 15. The van der Waals surface area contributed by atoms with E-state index in [9.17, 15) is 20.5 Å². The highest BCUT2D eigenvalue weighted by Gasteiger charge is 2.43. The Balaban J connectivity index is 2.44. The SMILES string of the molecule is CCC(C)C(C#N)(CCC(O)C(Cc1ccc(OC)c(OC)c1)[N+](=O)[O-])c1ccc(OC)c(OC)c1OC. The number of ether oxygens (including phenoxy) is 5. The number of aliphatic hydroxyl groups excluding tert-OH is 1. The van der Waals surface area contributed by atoms with Gasteiger partial charge in [-0.2, -0.15) is 5.26 Å². The number of aliphatic hydroxyl groups is 1. The van der Waals surface area contributed by atoms with E-state index in [0.717, 1.165) is 0 Å². The van der Waals surface area contributed by atoms with Crippen molar-refractivity contribution in [1.82, 2.24) is 0 Å². The molecule has 208 valence electrons. The van der Waals surface area contributed by atoms with Crippen molar-refractivity contribution in [1.29, 1.82) is 5.26 Å². The normalized spacial score (nSPS) is 14.8. The van der Waals surface area contributed by atoms with Crippen LogP contribution in [0, 0.1) is 27.4 Å². The highest BCUT2D eigenvalue weighted by molar-refractivity contribution is 5.59. The minimum atomic E-state index is -1.30. The predicted octanol–water partition coefficient (Wildman–Crippen LogP) is 4.57. The zero-order valence-electron chi connectivity index (χ0n) is 23.1. The van der Waals surface area contributed by atoms with E-state index in [4.69, 9.17) is 23.7 Å². The molecule has 0 fully saturated rings. The van der Waals surface area contributed by atoms with Crippen LogP contribution in [0.1, 0.15) is 44.2 Å². The number of methoxy groups -OCH3 is 5. The second kappa shape index (κ2) is 13.7. The zero-order chi connectivity index (χ0) is 28.5. The van der Waals surface area contributed by atoms with Crippen molar-refractivity contribution in [3.8, 4) is 34.8 Å². The van der Waals surface area contributed by atoms with Crippen LogP contribution in [0.3, 0.4) is 0 Å². The smallest absolute Gasteiger partial charge is 0.242 e. The van der Waals surface area contributed by atoms with Crippen molar-refractivity contribution in [2.24, 2.45) is 5.92 Å². The van der Waals surface area contributed by atoms with Gasteiger partial charge >= 0.3 is 0 Å². The molecule has 2 aromatic rings. The van der Waals surface area contributed by atoms with Gasteiger partial charge in [0.2, 0.25) is 11.8 Å². The van der Waals surface area contributed by atoms with Crippen LogP contribution >= 0.6 is 0 Å². The molecule has 0 aliphatic heterocycles. The van der Waals surface area contributed by atoms with Gasteiger partial charge in [0.25, 0.3) is 0 Å². The minimum Gasteiger partial charge on any atom is -0.493 e. The predicted molar refractivity (Wildman–Crippen MR) is 142 cm³/mol. The van der Waals surface area contributed by atoms with Crippen LogP contribution in [0.15, 0.2) is 30.3 Å². The first-order chi connectivity index (χ1) is 18.2. The van der Waals surface area contributed by atoms with Crippen molar-refractivity contribution in [2.45, 2.75) is 57.1 Å². The molecule has 0 heterocycles. The standard InChI is InChI=1S/C28H38N2O8/c1-8-18(2)28(17-29,20-10-12-24(35-4)27(38-7)26(20)37-6)14-13-22(31)21(30(32)33)15-19-9-11-23(34-3)25(16-19)36-5/h9-12,16,18,21-22,31H,8,13-15H2,1-7H3. The highest BCUT2D eigenvalue weighted by atomic mass is 16.6. The summed E-state index contributed by atoms with van der Waals surface area (Å²) in [7, 11) is 7.48. The van der Waals surface area contributed by atoms with Gasteiger partial charge in [0.05, 0.1) is 47.0 Å². The lowest BCUT2D eigenvalue weighted by Gasteiger charge is -2.35. The first-order valence-electron chi connectivity index (χ1n) is 12.4. The van der Waals surface area contributed by atoms with Gasteiger partial charge in [-0.1, -0.05) is 26.3 Å². The molecule has 2 aromatic carbocycles. The summed E-state index contributed by atoms with van der Waals surface area (Å²) in [4.78, 5) is 11.5. The molecule has 1 N–H and O–H groups in total. The molecule has 0 aromatic heterocycles. The van der Waals surface area contributed by atoms with Crippen LogP contribution in [-0.2, 0) is 11.8 Å². The lowest BCUT2D eigenvalue weighted by Crippen LogP contribution is -2.39. The van der Waals surface area contributed by atoms with Crippen LogP contribution in [0.25, 0.3) is 0 Å². The first-order valence-corrected chi connectivity index (χ1v) is 12.4. The van der Waals surface area contributed by atoms with Crippen molar-refractivity contribution >= 4 is 0 Å². The van der Waals surface area contributed by atoms with Gasteiger partial charge in [-0.05, 0) is 48.6 Å². The molecular weight excluding hydrogens is 492 g/mol. The Morgan fingerprint density at radius 2 is 1.58 bits per heavy atom. The van der Waals surface area contributed by atoms with E-state index >= 15 is 0 Å². The number of benzene rings is 2. The number of nitrogens with zero attached hydrogens (tertiary/aromatic N) is 2. The number of nitriles is 1. The first kappa shape index (κ1) is 30.5. The molecule has 0 saturated heterocycles. The summed E-state index contributed by atoms with van der Waals surface area (Å²) >= 11 is 0. The van der Waals surface area contributed by atoms with Crippen LogP contribution in [0.4, 0.5) is 0 Å². The fourth-order valence-electron chi connectivity index (χ4n) is 4.84. The molecule has 2 rings (SSSR count). The summed E-state index contributed by atoms with van der Waals surface area (Å²) in [5, 5.41) is 33.6. The Hall–Kier alpha value is -3.71. The number of hydrogen-bond donors (Lipinski definition) is 1. The van der Waals surface area contributed by atoms with E-state index in [1.54, 1.807) is 30.3 Å². The lowest BCUT2D eigenvalue weighted by molar-refractivity contribution is -0.534. The van der Waals surface area contributed by atoms with Gasteiger partial charge in [0, 0.05) is 16.9 Å². The quantitative estimate of drug-likeness (QED) is 0.260. The molecule has 4 atom stereocenters. The van der Waals surface area contributed by atoms with Crippen molar-refractivity contribution in [3.05, 3.63) is 51.6 Å². The van der Waals surface area contributed by atoms with E-state index in [1.165, 1.54) is 35.5 Å². The summed E-state index contributed by atoms with van der Waals surface area (Å²) in [5.74, 6) is 1.96. The van der Waals surface area contributed by atoms with E-state index in [1.807, 2.05) is 13.8 Å². The molecule has 0 aliphatic rings. The third-order valence-corrected chi connectivity index (χ3v) is 7.28. The summed E-state index contributed by atoms with van der Waals surface area (Å²) in [5.41, 5.74) is 0.100. The number of hydrogen-bond acceptors (Lipinski definition) is 9. The van der Waals surface area contributed by atoms with Gasteiger partial charge in [0.1, 0.15) is 6.10 Å². The molecule has 0 spiro atoms. The average Bonchev–Trinajstić information content (AvgIpc) is 2.94. The van der Waals surface area contributed by atoms with E-state index in [2.05, 4.69) is 6.07 Å². The second-order valence-electron chi connectivity index (χ2n) is 9.13. The summed E-state index contributed by atoms with van der Waals surface area (Å²) in [6.07, 6.45) is -0.473. The topological polar surface area (TPSA) is 133 Å². The van der Waals surface area contributed by atoms with Gasteiger partial charge in [0.15, 0.2) is 23.0 Å². The molecule has 0 bridgehead atoms. The summed E-state index contributed by atoms with van der Waals surface area (Å²) in [6.45, 7) is 3.91. The molecule has 0 amide bonds. The second-order valence-corrected chi connectivity index (χ2v) is 9.13. The Morgan fingerprint density at radius 1 is 0.974 bits per heavy atom. The molecule has 0 radical (unpaired) electrons. The third-order valence-electron chi connectivity index (χ3n) is 7.28. The molecule has 10 nitrogen and oxygen atoms in total. The molecule has 10 heteroatoms. The Kier molecular flexibility index (Phi) is 11.0. The van der Waals surface area contributed by atoms with Gasteiger partial charge in [-0.15, -0.1) is 0 Å². The maximum atomic E-state index is 12.0. The average molecular weight is 531 g/mol. The third kappa shape index (κ3) is 6.22. The zero-order valence-corrected chi connectivity index (χ0v) is 23.1. The Morgan fingerprint density at radius 3 is 2.08 bits per heavy atom. The maximum Gasteiger partial charge on any atom is 0.242 e. The van der Waals surface area contributed by atoms with Crippen molar-refractivity contribution in [2.75, 3.05) is 35.5 Å². The largest absolute Gasteiger partial charge is 0.493 e. The monoisotopic (exact) mass is 530 g/mol. The van der Waals surface area contributed by atoms with Crippen LogP contribution < -0.4 is 23.7 Å². The van der Waals surface area contributed by atoms with E-state index in [0.29, 0.717) is 46.3 Å². The fraction of sp³-hybridized carbons (Fsp3) is 0.536. The molecule has 4 unspecified atom stereocenters. The van der Waals surface area contributed by atoms with Gasteiger partial charge in [-0.3, -0.25) is 10.1 Å². The van der Waals surface area contributed by atoms with Gasteiger partial charge in [-0.25, -0.2) is 0 Å². The van der Waals surface area contributed by atoms with Gasteiger partial charge < -0.3 is 28.8 Å². The molecule has 0 saturated carbocycles. The number of nitro groups is 1. The lowest BCUT2D eigenvalue weighted by atomic mass is 9.67. The van der Waals surface area contributed by atoms with Crippen LogP contribution in [0.2, 0.25) is 0 Å². The van der Waals surface area contributed by atoms with Crippen molar-refractivity contribution in [3.63, 3.8) is 0 Å². The molecule has 0 aliphatic carbocycles. The summed E-state index contributed by atoms with van der Waals surface area (Å²) in [6, 6.07) is 9.68. The van der Waals surface area contributed by atoms with Crippen LogP contribution in [0.5, 0.6) is 28.7 Å². The van der Waals surface area contributed by atoms with Crippen LogP contribution in [-0.4, -0.2) is 57.7 Å². The minimum absolute atomic E-state index is 0.0168. The van der Waals surface area contributed by atoms with E-state index in [-0.39, 0.29) is 25.2 Å². The molecule has 38 heavy (non-hydrogen) atoms. The highest BCUT2D eigenvalue weighted by Crippen LogP contribution is 2.49. The fourth-order valence-corrected chi connectivity index (χ4v) is 4.84. The van der Waals surface area contributed by atoms with Crippen molar-refractivity contribution < 1.29 is 33.7 Å². The molecular formula is C28H38N2O8. The Labute approximate surface area is 224 Å². The van der Waals surface area contributed by atoms with E-state index < -0.39 is 22.5 Å².